The standard InChI is InChI=1S/C17H28N2/c1-5-16(15-8-6-14(2)7-9-15)19-12-10-17(3,18-4)11-13-19/h6-9,16,18H,5,10-13H2,1-4H3. The number of nitrogens with one attached hydrogen (secondary N) is 1. The van der Waals surface area contributed by atoms with Gasteiger partial charge in [-0.3, -0.25) is 4.90 Å². The van der Waals surface area contributed by atoms with Crippen LogP contribution < -0.4 is 5.32 Å². The van der Waals surface area contributed by atoms with Gasteiger partial charge in [-0.2, -0.15) is 0 Å². The third-order valence-electron chi connectivity index (χ3n) is 4.79. The van der Waals surface area contributed by atoms with Crippen LogP contribution in [0.15, 0.2) is 24.3 Å². The Balaban J connectivity index is 2.05. The summed E-state index contributed by atoms with van der Waals surface area (Å²) in [7, 11) is 2.09. The second-order valence-corrected chi connectivity index (χ2v) is 6.18. The van der Waals surface area contributed by atoms with Gasteiger partial charge in [0.1, 0.15) is 0 Å². The SMILES string of the molecule is CCC(c1ccc(C)cc1)N1CCC(C)(NC)CC1. The van der Waals surface area contributed by atoms with E-state index in [0.29, 0.717) is 11.6 Å². The van der Waals surface area contributed by atoms with Crippen LogP contribution >= 0.6 is 0 Å². The molecule has 106 valence electrons. The molecule has 1 N–H and O–H groups in total. The average Bonchev–Trinajstić information content (AvgIpc) is 2.44. The molecule has 1 heterocycles. The first-order valence-electron chi connectivity index (χ1n) is 7.57. The lowest BCUT2D eigenvalue weighted by atomic mass is 9.88. The number of benzene rings is 1. The van der Waals surface area contributed by atoms with Crippen LogP contribution in [0.3, 0.4) is 0 Å². The van der Waals surface area contributed by atoms with Gasteiger partial charge in [-0.25, -0.2) is 0 Å². The summed E-state index contributed by atoms with van der Waals surface area (Å²) in [4.78, 5) is 2.66. The number of rotatable bonds is 4. The quantitative estimate of drug-likeness (QED) is 0.891. The van der Waals surface area contributed by atoms with Crippen molar-refractivity contribution in [2.45, 2.75) is 51.6 Å². The van der Waals surface area contributed by atoms with Gasteiger partial charge < -0.3 is 5.32 Å². The normalized spacial score (nSPS) is 21.3. The molecule has 1 fully saturated rings. The lowest BCUT2D eigenvalue weighted by Gasteiger charge is -2.42. The first kappa shape index (κ1) is 14.5. The van der Waals surface area contributed by atoms with Gasteiger partial charge in [0, 0.05) is 24.7 Å². The van der Waals surface area contributed by atoms with Crippen LogP contribution in [0.25, 0.3) is 0 Å². The third kappa shape index (κ3) is 3.37. The van der Waals surface area contributed by atoms with Crippen molar-refractivity contribution in [1.29, 1.82) is 0 Å². The van der Waals surface area contributed by atoms with Crippen LogP contribution in [-0.4, -0.2) is 30.6 Å². The molecule has 2 nitrogen and oxygen atoms in total. The number of piperidine rings is 1. The minimum absolute atomic E-state index is 0.335. The molecule has 0 radical (unpaired) electrons. The fraction of sp³-hybridized carbons (Fsp3) is 0.647. The predicted octanol–water partition coefficient (Wildman–Crippen LogP) is 3.52. The summed E-state index contributed by atoms with van der Waals surface area (Å²) in [5.74, 6) is 0. The number of hydrogen-bond donors (Lipinski definition) is 1. The summed E-state index contributed by atoms with van der Waals surface area (Å²) >= 11 is 0. The maximum Gasteiger partial charge on any atom is 0.0345 e. The summed E-state index contributed by atoms with van der Waals surface area (Å²) in [6.07, 6.45) is 3.68. The van der Waals surface area contributed by atoms with Crippen molar-refractivity contribution in [3.63, 3.8) is 0 Å². The second-order valence-electron chi connectivity index (χ2n) is 6.18. The van der Waals surface area contributed by atoms with Gasteiger partial charge in [0.25, 0.3) is 0 Å². The molecule has 19 heavy (non-hydrogen) atoms. The molecule has 0 aliphatic carbocycles. The highest BCUT2D eigenvalue weighted by atomic mass is 15.2. The van der Waals surface area contributed by atoms with Crippen molar-refractivity contribution in [3.05, 3.63) is 35.4 Å². The number of hydrogen-bond acceptors (Lipinski definition) is 2. The Morgan fingerprint density at radius 1 is 1.21 bits per heavy atom. The largest absolute Gasteiger partial charge is 0.314 e. The zero-order chi connectivity index (χ0) is 13.9. The van der Waals surface area contributed by atoms with Crippen LogP contribution in [0.2, 0.25) is 0 Å². The highest BCUT2D eigenvalue weighted by Crippen LogP contribution is 2.30. The van der Waals surface area contributed by atoms with E-state index in [1.807, 2.05) is 0 Å². The Hall–Kier alpha value is -0.860. The molecule has 0 saturated carbocycles. The Kier molecular flexibility index (Phi) is 4.64. The summed E-state index contributed by atoms with van der Waals surface area (Å²) in [5, 5.41) is 3.48. The van der Waals surface area contributed by atoms with Crippen LogP contribution in [-0.2, 0) is 0 Å². The van der Waals surface area contributed by atoms with Crippen LogP contribution in [0.1, 0.15) is 50.3 Å². The molecule has 1 aliphatic rings. The monoisotopic (exact) mass is 260 g/mol. The van der Waals surface area contributed by atoms with Crippen LogP contribution in [0.5, 0.6) is 0 Å². The Morgan fingerprint density at radius 2 is 1.79 bits per heavy atom. The van der Waals surface area contributed by atoms with E-state index in [-0.39, 0.29) is 0 Å². The fourth-order valence-corrected chi connectivity index (χ4v) is 3.07. The minimum atomic E-state index is 0.335. The van der Waals surface area contributed by atoms with Crippen molar-refractivity contribution < 1.29 is 0 Å². The van der Waals surface area contributed by atoms with Gasteiger partial charge in [-0.05, 0) is 45.7 Å². The van der Waals surface area contributed by atoms with E-state index in [0.717, 1.165) is 0 Å². The van der Waals surface area contributed by atoms with Crippen LogP contribution in [0.4, 0.5) is 0 Å². The molecule has 2 rings (SSSR count). The van der Waals surface area contributed by atoms with Crippen molar-refractivity contribution in [2.75, 3.05) is 20.1 Å². The molecule has 1 aromatic rings. The number of nitrogens with zero attached hydrogens (tertiary/aromatic N) is 1. The van der Waals surface area contributed by atoms with Gasteiger partial charge in [0.05, 0.1) is 0 Å². The molecule has 2 heteroatoms. The first-order chi connectivity index (χ1) is 9.08. The van der Waals surface area contributed by atoms with E-state index >= 15 is 0 Å². The summed E-state index contributed by atoms with van der Waals surface area (Å²) in [5.41, 5.74) is 3.16. The highest BCUT2D eigenvalue weighted by molar-refractivity contribution is 5.24. The van der Waals surface area contributed by atoms with Gasteiger partial charge in [0.2, 0.25) is 0 Å². The molecule has 0 spiro atoms. The number of likely N-dealkylation sites (tertiary alicyclic amines) is 1. The van der Waals surface area contributed by atoms with Crippen molar-refractivity contribution in [1.82, 2.24) is 10.2 Å². The average molecular weight is 260 g/mol. The maximum absolute atomic E-state index is 3.48. The lowest BCUT2D eigenvalue weighted by Crippen LogP contribution is -2.50. The van der Waals surface area contributed by atoms with E-state index in [1.54, 1.807) is 0 Å². The summed E-state index contributed by atoms with van der Waals surface area (Å²) in [6, 6.07) is 9.66. The number of aryl methyl sites for hydroxylation is 1. The topological polar surface area (TPSA) is 15.3 Å². The molecular weight excluding hydrogens is 232 g/mol. The van der Waals surface area contributed by atoms with Gasteiger partial charge in [-0.15, -0.1) is 0 Å². The lowest BCUT2D eigenvalue weighted by molar-refractivity contribution is 0.107. The third-order valence-corrected chi connectivity index (χ3v) is 4.79. The van der Waals surface area contributed by atoms with E-state index in [9.17, 15) is 0 Å². The Bertz CT molecular complexity index is 388. The molecule has 1 atom stereocenters. The van der Waals surface area contributed by atoms with Gasteiger partial charge in [-0.1, -0.05) is 36.8 Å². The molecule has 1 unspecified atom stereocenters. The molecule has 0 bridgehead atoms. The molecule has 0 amide bonds. The summed E-state index contributed by atoms with van der Waals surface area (Å²) < 4.78 is 0. The highest BCUT2D eigenvalue weighted by Gasteiger charge is 2.31. The molecule has 0 aromatic heterocycles. The first-order valence-corrected chi connectivity index (χ1v) is 7.57. The molecular formula is C17H28N2. The zero-order valence-electron chi connectivity index (χ0n) is 12.9. The van der Waals surface area contributed by atoms with E-state index < -0.39 is 0 Å². The molecule has 1 aliphatic heterocycles. The van der Waals surface area contributed by atoms with Crippen LogP contribution in [0, 0.1) is 6.92 Å². The van der Waals surface area contributed by atoms with Gasteiger partial charge in [0.15, 0.2) is 0 Å². The maximum atomic E-state index is 3.48. The Morgan fingerprint density at radius 3 is 2.26 bits per heavy atom. The smallest absolute Gasteiger partial charge is 0.0345 e. The van der Waals surface area contributed by atoms with Crippen molar-refractivity contribution in [2.24, 2.45) is 0 Å². The van der Waals surface area contributed by atoms with E-state index in [1.165, 1.54) is 43.5 Å². The molecule has 1 saturated heterocycles. The van der Waals surface area contributed by atoms with Crippen molar-refractivity contribution >= 4 is 0 Å². The summed E-state index contributed by atoms with van der Waals surface area (Å²) in [6.45, 7) is 9.20. The fourth-order valence-electron chi connectivity index (χ4n) is 3.07. The minimum Gasteiger partial charge on any atom is -0.314 e. The van der Waals surface area contributed by atoms with E-state index in [2.05, 4.69) is 62.3 Å². The van der Waals surface area contributed by atoms with Gasteiger partial charge >= 0.3 is 0 Å². The molecule has 1 aromatic carbocycles. The Labute approximate surface area is 118 Å². The van der Waals surface area contributed by atoms with Crippen molar-refractivity contribution in [3.8, 4) is 0 Å². The van der Waals surface area contributed by atoms with E-state index in [4.69, 9.17) is 0 Å². The predicted molar refractivity (Wildman–Crippen MR) is 82.5 cm³/mol. The zero-order valence-corrected chi connectivity index (χ0v) is 12.9. The second kappa shape index (κ2) is 6.06.